The first-order valence-electron chi connectivity index (χ1n) is 20.9. The van der Waals surface area contributed by atoms with Crippen LogP contribution >= 0.6 is 0 Å². The maximum Gasteiger partial charge on any atom is 0.0615 e. The van der Waals surface area contributed by atoms with Gasteiger partial charge in [-0.25, -0.2) is 0 Å². The summed E-state index contributed by atoms with van der Waals surface area (Å²) in [5, 5.41) is 3.41. The summed E-state index contributed by atoms with van der Waals surface area (Å²) in [5.41, 5.74) is 16.7. The van der Waals surface area contributed by atoms with Crippen molar-refractivity contribution in [2.75, 3.05) is 26.1 Å². The lowest BCUT2D eigenvalue weighted by molar-refractivity contribution is 0.941. The van der Waals surface area contributed by atoms with Crippen molar-refractivity contribution in [1.82, 2.24) is 5.32 Å². The first-order valence-corrected chi connectivity index (χ1v) is 20.9. The number of nitrogens with one attached hydrogen (secondary N) is 1. The molecule has 0 fully saturated rings. The largest absolute Gasteiger partial charge is 0.386 e. The van der Waals surface area contributed by atoms with E-state index in [9.17, 15) is 0 Å². The van der Waals surface area contributed by atoms with Gasteiger partial charge >= 0.3 is 0 Å². The second-order valence-electron chi connectivity index (χ2n) is 15.5. The third-order valence-corrected chi connectivity index (χ3v) is 10.9. The molecule has 0 aliphatic carbocycles. The second-order valence-corrected chi connectivity index (χ2v) is 15.5. The van der Waals surface area contributed by atoms with E-state index in [0.29, 0.717) is 0 Å². The Hall–Kier alpha value is -7.76. The standard InChI is InChI=1S/C56H49N5/c1-42-14-10-21-53(38-42)59(45-17-6-4-7-18-45)50-31-25-47(26-32-50)58(48-27-33-51(34-28-48)60(46-19-8-5-9-20-46)54-22-11-15-43(2)39-54)49-29-35-52(36-30-49)61(56-24-13-37-57-41-56)55-23-12-16-44(3)40-55/h4-36,38-41,57H,37H2,1-3H3. The number of nitrogens with zero attached hydrogens (tertiary/aromatic N) is 4. The molecule has 1 aliphatic heterocycles. The van der Waals surface area contributed by atoms with Crippen molar-refractivity contribution in [2.24, 2.45) is 0 Å². The zero-order valence-corrected chi connectivity index (χ0v) is 34.9. The van der Waals surface area contributed by atoms with Crippen LogP contribution in [0.4, 0.5) is 62.6 Å². The predicted molar refractivity (Wildman–Crippen MR) is 259 cm³/mol. The lowest BCUT2D eigenvalue weighted by atomic mass is 10.1. The average molecular weight is 792 g/mol. The van der Waals surface area contributed by atoms with E-state index in [-0.39, 0.29) is 0 Å². The molecule has 0 spiro atoms. The second kappa shape index (κ2) is 17.6. The molecule has 298 valence electrons. The molecule has 9 rings (SSSR count). The monoisotopic (exact) mass is 791 g/mol. The Morgan fingerprint density at radius 2 is 0.607 bits per heavy atom. The molecule has 0 amide bonds. The number of rotatable bonds is 12. The van der Waals surface area contributed by atoms with Crippen LogP contribution in [0.3, 0.4) is 0 Å². The van der Waals surface area contributed by atoms with Crippen molar-refractivity contribution in [3.63, 3.8) is 0 Å². The summed E-state index contributed by atoms with van der Waals surface area (Å²) in [6, 6.07) is 73.9. The van der Waals surface area contributed by atoms with Crippen LogP contribution in [0.5, 0.6) is 0 Å². The van der Waals surface area contributed by atoms with Gasteiger partial charge in [-0.3, -0.25) is 0 Å². The fraction of sp³-hybridized carbons (Fsp3) is 0.0714. The predicted octanol–water partition coefficient (Wildman–Crippen LogP) is 15.2. The Balaban J connectivity index is 1.13. The van der Waals surface area contributed by atoms with Crippen molar-refractivity contribution in [3.05, 3.63) is 247 Å². The van der Waals surface area contributed by atoms with Crippen molar-refractivity contribution < 1.29 is 0 Å². The van der Waals surface area contributed by atoms with Gasteiger partial charge in [-0.05, 0) is 177 Å². The minimum Gasteiger partial charge on any atom is -0.386 e. The number of aryl methyl sites for hydroxylation is 3. The molecule has 0 saturated carbocycles. The molecule has 8 aromatic carbocycles. The molecule has 1 aliphatic rings. The fourth-order valence-corrected chi connectivity index (χ4v) is 8.09. The Morgan fingerprint density at radius 3 is 0.934 bits per heavy atom. The van der Waals surface area contributed by atoms with Crippen LogP contribution in [0, 0.1) is 20.8 Å². The van der Waals surface area contributed by atoms with Gasteiger partial charge < -0.3 is 24.9 Å². The first kappa shape index (κ1) is 38.7. The van der Waals surface area contributed by atoms with Gasteiger partial charge in [0.15, 0.2) is 0 Å². The Morgan fingerprint density at radius 1 is 0.311 bits per heavy atom. The summed E-state index contributed by atoms with van der Waals surface area (Å²) >= 11 is 0. The Labute approximate surface area is 360 Å². The van der Waals surface area contributed by atoms with Crippen LogP contribution in [-0.2, 0) is 0 Å². The number of hydrogen-bond acceptors (Lipinski definition) is 5. The van der Waals surface area contributed by atoms with Crippen LogP contribution in [-0.4, -0.2) is 6.54 Å². The van der Waals surface area contributed by atoms with Crippen LogP contribution < -0.4 is 24.9 Å². The van der Waals surface area contributed by atoms with Gasteiger partial charge in [0, 0.05) is 75.3 Å². The van der Waals surface area contributed by atoms with Crippen molar-refractivity contribution in [3.8, 4) is 0 Å². The van der Waals surface area contributed by atoms with Crippen LogP contribution in [0.25, 0.3) is 0 Å². The van der Waals surface area contributed by atoms with Gasteiger partial charge in [-0.2, -0.15) is 0 Å². The molecule has 1 heterocycles. The molecule has 61 heavy (non-hydrogen) atoms. The molecule has 0 atom stereocenters. The van der Waals surface area contributed by atoms with E-state index in [1.807, 2.05) is 0 Å². The maximum atomic E-state index is 3.41. The molecular formula is C56H49N5. The minimum absolute atomic E-state index is 0.818. The zero-order valence-electron chi connectivity index (χ0n) is 34.9. The number of dihydropyridines is 1. The lowest BCUT2D eigenvalue weighted by Crippen LogP contribution is -2.21. The minimum atomic E-state index is 0.818. The highest BCUT2D eigenvalue weighted by atomic mass is 15.2. The average Bonchev–Trinajstić information content (AvgIpc) is 3.30. The van der Waals surface area contributed by atoms with E-state index in [1.54, 1.807) is 0 Å². The number of benzene rings is 8. The lowest BCUT2D eigenvalue weighted by Gasteiger charge is -2.31. The van der Waals surface area contributed by atoms with Crippen molar-refractivity contribution >= 4 is 62.6 Å². The summed E-state index contributed by atoms with van der Waals surface area (Å²) in [5.74, 6) is 0. The smallest absolute Gasteiger partial charge is 0.0615 e. The molecule has 0 unspecified atom stereocenters. The number of hydrogen-bond donors (Lipinski definition) is 1. The van der Waals surface area contributed by atoms with Crippen LogP contribution in [0.2, 0.25) is 0 Å². The summed E-state index contributed by atoms with van der Waals surface area (Å²) < 4.78 is 0. The molecule has 5 nitrogen and oxygen atoms in total. The van der Waals surface area contributed by atoms with Crippen molar-refractivity contribution in [2.45, 2.75) is 20.8 Å². The Kier molecular flexibility index (Phi) is 11.2. The van der Waals surface area contributed by atoms with Gasteiger partial charge in [-0.15, -0.1) is 0 Å². The topological polar surface area (TPSA) is 25.0 Å². The zero-order chi connectivity index (χ0) is 41.5. The fourth-order valence-electron chi connectivity index (χ4n) is 8.09. The molecule has 0 aromatic heterocycles. The molecule has 5 heteroatoms. The van der Waals surface area contributed by atoms with E-state index in [1.165, 1.54) is 16.7 Å². The highest BCUT2D eigenvalue weighted by Gasteiger charge is 2.20. The molecular weight excluding hydrogens is 743 g/mol. The van der Waals surface area contributed by atoms with Gasteiger partial charge in [0.1, 0.15) is 0 Å². The SMILES string of the molecule is Cc1cccc(N(C2=CNCC=C2)c2ccc(N(c3ccc(N(c4ccccc4)c4cccc(C)c4)cc3)c3ccc(N(c4ccccc4)c4cccc(C)c4)cc3)cc2)c1. The highest BCUT2D eigenvalue weighted by molar-refractivity contribution is 5.84. The molecule has 8 aromatic rings. The highest BCUT2D eigenvalue weighted by Crippen LogP contribution is 2.42. The van der Waals surface area contributed by atoms with Crippen LogP contribution in [0.15, 0.2) is 230 Å². The maximum absolute atomic E-state index is 3.41. The quantitative estimate of drug-likeness (QED) is 0.133. The molecule has 0 saturated heterocycles. The first-order chi connectivity index (χ1) is 30.0. The summed E-state index contributed by atoms with van der Waals surface area (Å²) in [6.45, 7) is 7.25. The number of allylic oxidation sites excluding steroid dienone is 1. The van der Waals surface area contributed by atoms with E-state index in [0.717, 1.165) is 74.8 Å². The summed E-state index contributed by atoms with van der Waals surface area (Å²) in [4.78, 5) is 9.28. The third kappa shape index (κ3) is 8.54. The Bertz CT molecular complexity index is 2640. The van der Waals surface area contributed by atoms with Crippen LogP contribution in [0.1, 0.15) is 16.7 Å². The van der Waals surface area contributed by atoms with E-state index in [4.69, 9.17) is 0 Å². The molecule has 0 bridgehead atoms. The molecule has 0 radical (unpaired) electrons. The summed E-state index contributed by atoms with van der Waals surface area (Å²) in [7, 11) is 0. The van der Waals surface area contributed by atoms with Gasteiger partial charge in [-0.1, -0.05) is 78.9 Å². The number of para-hydroxylation sites is 2. The third-order valence-electron chi connectivity index (χ3n) is 10.9. The number of anilines is 11. The van der Waals surface area contributed by atoms with Gasteiger partial charge in [0.2, 0.25) is 0 Å². The van der Waals surface area contributed by atoms with Gasteiger partial charge in [0.05, 0.1) is 5.70 Å². The summed E-state index contributed by atoms with van der Waals surface area (Å²) in [6.07, 6.45) is 6.45. The van der Waals surface area contributed by atoms with E-state index >= 15 is 0 Å². The normalized spacial score (nSPS) is 12.0. The van der Waals surface area contributed by atoms with Gasteiger partial charge in [0.25, 0.3) is 0 Å². The molecule has 1 N–H and O–H groups in total. The van der Waals surface area contributed by atoms with E-state index in [2.05, 4.69) is 270 Å². The van der Waals surface area contributed by atoms with E-state index < -0.39 is 0 Å². The van der Waals surface area contributed by atoms with Crippen molar-refractivity contribution in [1.29, 1.82) is 0 Å².